The van der Waals surface area contributed by atoms with Crippen LogP contribution in [0.2, 0.25) is 0 Å². The van der Waals surface area contributed by atoms with Crippen LogP contribution in [0.15, 0.2) is 20.1 Å². The maximum Gasteiger partial charge on any atom is 0.217 e. The predicted octanol–water partition coefficient (Wildman–Crippen LogP) is 4.57. The number of hydrogen-bond acceptors (Lipinski definition) is 1. The Morgan fingerprint density at radius 3 is 1.79 bits per heavy atom. The Hall–Kier alpha value is 1.18. The van der Waals surface area contributed by atoms with E-state index in [9.17, 15) is 0 Å². The second-order valence-corrected chi connectivity index (χ2v) is 4.81. The normalized spacial score (nSPS) is 21.0. The largest absolute Gasteiger partial charge is 0.349 e. The lowest BCUT2D eigenvalue weighted by Gasteiger charge is -2.22. The molecule has 80 valence electrons. The third kappa shape index (κ3) is 2.15. The van der Waals surface area contributed by atoms with Crippen LogP contribution >= 0.6 is 69.6 Å². The van der Waals surface area contributed by atoms with Crippen LogP contribution in [0.4, 0.5) is 0 Å². The summed E-state index contributed by atoms with van der Waals surface area (Å²) in [5, 5.41) is -1.17. The van der Waals surface area contributed by atoms with Crippen LogP contribution in [0.25, 0.3) is 0 Å². The summed E-state index contributed by atoms with van der Waals surface area (Å²) in [4.78, 5) is 0. The van der Waals surface area contributed by atoms with Gasteiger partial charge in [-0.3, -0.25) is 0 Å². The van der Waals surface area contributed by atoms with E-state index >= 15 is 0 Å². The SMILES string of the molecule is ClCCOC1(Cl)C(Cl)=C(Cl)C(Cl)=C1Cl. The molecule has 0 aromatic carbocycles. The van der Waals surface area contributed by atoms with Gasteiger partial charge in [-0.2, -0.15) is 0 Å². The highest BCUT2D eigenvalue weighted by Gasteiger charge is 2.45. The number of ether oxygens (including phenoxy) is 1. The minimum atomic E-state index is -1.48. The second kappa shape index (κ2) is 5.01. The van der Waals surface area contributed by atoms with Crippen LogP contribution in [-0.4, -0.2) is 17.5 Å². The van der Waals surface area contributed by atoms with Gasteiger partial charge in [-0.15, -0.1) is 11.6 Å². The van der Waals surface area contributed by atoms with E-state index in [1.165, 1.54) is 0 Å². The summed E-state index contributed by atoms with van der Waals surface area (Å²) in [6, 6.07) is 0. The number of rotatable bonds is 3. The smallest absolute Gasteiger partial charge is 0.217 e. The van der Waals surface area contributed by atoms with E-state index in [1.807, 2.05) is 0 Å². The molecule has 14 heavy (non-hydrogen) atoms. The zero-order valence-electron chi connectivity index (χ0n) is 6.59. The van der Waals surface area contributed by atoms with Gasteiger partial charge >= 0.3 is 0 Å². The summed E-state index contributed by atoms with van der Waals surface area (Å²) in [7, 11) is 0. The van der Waals surface area contributed by atoms with Crippen LogP contribution in [0.5, 0.6) is 0 Å². The molecule has 7 heteroatoms. The van der Waals surface area contributed by atoms with Crippen LogP contribution < -0.4 is 0 Å². The van der Waals surface area contributed by atoms with Crippen molar-refractivity contribution in [1.82, 2.24) is 0 Å². The van der Waals surface area contributed by atoms with Crippen LogP contribution in [-0.2, 0) is 4.74 Å². The van der Waals surface area contributed by atoms with Crippen molar-refractivity contribution in [3.8, 4) is 0 Å². The third-order valence-electron chi connectivity index (χ3n) is 1.52. The molecule has 0 saturated carbocycles. The fraction of sp³-hybridized carbons (Fsp3) is 0.429. The molecule has 0 radical (unpaired) electrons. The molecule has 0 aromatic heterocycles. The van der Waals surface area contributed by atoms with E-state index in [-0.39, 0.29) is 32.6 Å². The fourth-order valence-electron chi connectivity index (χ4n) is 0.877. The first kappa shape index (κ1) is 13.2. The lowest BCUT2D eigenvalue weighted by molar-refractivity contribution is 0.0946. The first-order valence-corrected chi connectivity index (χ1v) is 5.88. The highest BCUT2D eigenvalue weighted by atomic mass is 35.5. The van der Waals surface area contributed by atoms with Gasteiger partial charge in [0.2, 0.25) is 5.06 Å². The summed E-state index contributed by atoms with van der Waals surface area (Å²) < 4.78 is 5.19. The zero-order valence-corrected chi connectivity index (χ0v) is 11.1. The molecule has 1 aliphatic rings. The van der Waals surface area contributed by atoms with E-state index in [2.05, 4.69) is 0 Å². The van der Waals surface area contributed by atoms with Gasteiger partial charge < -0.3 is 4.74 Å². The Morgan fingerprint density at radius 2 is 1.43 bits per heavy atom. The zero-order chi connectivity index (χ0) is 10.9. The molecule has 0 N–H and O–H groups in total. The summed E-state index contributed by atoms with van der Waals surface area (Å²) in [5.41, 5.74) is 0. The van der Waals surface area contributed by atoms with E-state index in [0.29, 0.717) is 0 Å². The molecule has 0 spiro atoms. The van der Waals surface area contributed by atoms with Crippen molar-refractivity contribution in [1.29, 1.82) is 0 Å². The van der Waals surface area contributed by atoms with Crippen LogP contribution in [0, 0.1) is 0 Å². The van der Waals surface area contributed by atoms with Crippen molar-refractivity contribution in [2.75, 3.05) is 12.5 Å². The Labute approximate surface area is 111 Å². The van der Waals surface area contributed by atoms with Gasteiger partial charge in [-0.05, 0) is 0 Å². The van der Waals surface area contributed by atoms with Gasteiger partial charge in [0, 0.05) is 5.88 Å². The predicted molar refractivity (Wildman–Crippen MR) is 62.7 cm³/mol. The molecule has 0 aromatic rings. The Kier molecular flexibility index (Phi) is 4.74. The Bertz CT molecular complexity index is 283. The van der Waals surface area contributed by atoms with E-state index in [4.69, 9.17) is 74.3 Å². The van der Waals surface area contributed by atoms with Gasteiger partial charge in [0.1, 0.15) is 0 Å². The molecule has 0 bridgehead atoms. The summed E-state index contributed by atoms with van der Waals surface area (Å²) in [6.45, 7) is 0.186. The first-order chi connectivity index (χ1) is 6.45. The molecule has 1 nitrogen and oxygen atoms in total. The number of halogens is 6. The molecule has 1 rings (SSSR count). The number of alkyl halides is 2. The standard InChI is InChI=1S/C7H4Cl6O/c8-1-2-14-7(13)5(11)3(9)4(10)6(7)12/h1-2H2. The average molecular weight is 317 g/mol. The minimum absolute atomic E-state index is 0.0564. The highest BCUT2D eigenvalue weighted by molar-refractivity contribution is 6.57. The number of allylic oxidation sites excluding steroid dienone is 2. The monoisotopic (exact) mass is 314 g/mol. The number of hydrogen-bond donors (Lipinski definition) is 0. The quantitative estimate of drug-likeness (QED) is 0.693. The van der Waals surface area contributed by atoms with Crippen molar-refractivity contribution < 1.29 is 4.74 Å². The van der Waals surface area contributed by atoms with Gasteiger partial charge in [0.15, 0.2) is 0 Å². The first-order valence-electron chi connectivity index (χ1n) is 3.45. The summed E-state index contributed by atoms with van der Waals surface area (Å²) >= 11 is 34.6. The van der Waals surface area contributed by atoms with Gasteiger partial charge in [0.25, 0.3) is 0 Å². The van der Waals surface area contributed by atoms with E-state index in [1.54, 1.807) is 0 Å². The molecule has 0 aliphatic heterocycles. The second-order valence-electron chi connectivity index (χ2n) is 2.39. The lowest BCUT2D eigenvalue weighted by atomic mass is 10.4. The molecule has 0 heterocycles. The van der Waals surface area contributed by atoms with E-state index < -0.39 is 5.06 Å². The molecule has 0 atom stereocenters. The molecule has 0 saturated heterocycles. The van der Waals surface area contributed by atoms with Crippen molar-refractivity contribution in [2.24, 2.45) is 0 Å². The van der Waals surface area contributed by atoms with E-state index in [0.717, 1.165) is 0 Å². The lowest BCUT2D eigenvalue weighted by Crippen LogP contribution is -2.25. The van der Waals surface area contributed by atoms with Crippen LogP contribution in [0.3, 0.4) is 0 Å². The van der Waals surface area contributed by atoms with Crippen molar-refractivity contribution in [3.63, 3.8) is 0 Å². The molecule has 1 aliphatic carbocycles. The van der Waals surface area contributed by atoms with Crippen molar-refractivity contribution in [3.05, 3.63) is 20.1 Å². The van der Waals surface area contributed by atoms with Gasteiger partial charge in [-0.1, -0.05) is 58.0 Å². The van der Waals surface area contributed by atoms with Gasteiger partial charge in [-0.25, -0.2) is 0 Å². The third-order valence-corrected chi connectivity index (χ3v) is 4.31. The van der Waals surface area contributed by atoms with Crippen molar-refractivity contribution in [2.45, 2.75) is 5.06 Å². The molecular formula is C7H4Cl6O. The molecular weight excluding hydrogens is 313 g/mol. The average Bonchev–Trinajstić information content (AvgIpc) is 2.32. The summed E-state index contributed by atoms with van der Waals surface area (Å²) in [6.07, 6.45) is 0. The van der Waals surface area contributed by atoms with Gasteiger partial charge in [0.05, 0.1) is 26.7 Å². The molecule has 0 amide bonds. The molecule has 0 fully saturated rings. The maximum absolute atomic E-state index is 6.01. The highest BCUT2D eigenvalue weighted by Crippen LogP contribution is 2.52. The Morgan fingerprint density at radius 1 is 1.00 bits per heavy atom. The minimum Gasteiger partial charge on any atom is -0.349 e. The van der Waals surface area contributed by atoms with Crippen molar-refractivity contribution >= 4 is 69.6 Å². The topological polar surface area (TPSA) is 9.23 Å². The fourth-order valence-corrected chi connectivity index (χ4v) is 2.40. The summed E-state index contributed by atoms with van der Waals surface area (Å²) in [5.74, 6) is 0.262. The Balaban J connectivity index is 3.00. The van der Waals surface area contributed by atoms with Crippen LogP contribution in [0.1, 0.15) is 0 Å². The maximum atomic E-state index is 6.01. The molecule has 0 unspecified atom stereocenters.